The van der Waals surface area contributed by atoms with Gasteiger partial charge in [0.2, 0.25) is 0 Å². The third-order valence-electron chi connectivity index (χ3n) is 9.56. The van der Waals surface area contributed by atoms with Crippen LogP contribution in [0.3, 0.4) is 0 Å². The lowest BCUT2D eigenvalue weighted by atomic mass is 9.88. The number of nitroso groups, excluding NO2 is 1. The summed E-state index contributed by atoms with van der Waals surface area (Å²) in [6.07, 6.45) is 3.40. The number of amides is 2. The highest BCUT2D eigenvalue weighted by Gasteiger charge is 2.49. The molecule has 16 heteroatoms. The summed E-state index contributed by atoms with van der Waals surface area (Å²) in [7, 11) is 0. The zero-order valence-electron chi connectivity index (χ0n) is 29.0. The highest BCUT2D eigenvalue weighted by Crippen LogP contribution is 2.30. The molecule has 15 nitrogen and oxygen atoms in total. The summed E-state index contributed by atoms with van der Waals surface area (Å²) in [4.78, 5) is 26.0. The quantitative estimate of drug-likeness (QED) is 0.0311. The predicted molar refractivity (Wildman–Crippen MR) is 181 cm³/mol. The molecule has 2 fully saturated rings. The molecule has 2 amide bonds. The molecule has 2 aliphatic heterocycles. The van der Waals surface area contributed by atoms with Gasteiger partial charge in [0.25, 0.3) is 0 Å². The minimum atomic E-state index is -1.65. The summed E-state index contributed by atoms with van der Waals surface area (Å²) in [6, 6.07) is -0.851. The average molecular weight is 728 g/mol. The highest BCUT2D eigenvalue weighted by atomic mass is 35.5. The summed E-state index contributed by atoms with van der Waals surface area (Å²) >= 11 is 5.77. The maximum absolute atomic E-state index is 13.4. The van der Waals surface area contributed by atoms with Gasteiger partial charge in [0, 0.05) is 18.3 Å². The number of urea groups is 1. The van der Waals surface area contributed by atoms with Gasteiger partial charge in [-0.1, -0.05) is 90.4 Å². The lowest BCUT2D eigenvalue weighted by Gasteiger charge is -2.46. The molecule has 0 bridgehead atoms. The van der Waals surface area contributed by atoms with Crippen molar-refractivity contribution in [3.05, 3.63) is 4.91 Å². The van der Waals surface area contributed by atoms with Gasteiger partial charge in [0.1, 0.15) is 36.6 Å². The number of hydrogen-bond acceptors (Lipinski definition) is 13. The summed E-state index contributed by atoms with van der Waals surface area (Å²) < 4.78 is 17.0. The van der Waals surface area contributed by atoms with Crippen LogP contribution in [0.2, 0.25) is 0 Å². The SMILES string of the molecule is CCCCCCCCCCCCCCCCN(C(=O)N(CCCl)N=O)C1OC(CO)C(COCC2OC(CO)C(O)C(O)C2O)C(O)C1O. The number of aliphatic hydroxyl groups is 7. The number of nitrogens with zero attached hydrogens (tertiary/aromatic N) is 3. The van der Waals surface area contributed by atoms with Crippen molar-refractivity contribution in [1.82, 2.24) is 9.91 Å². The van der Waals surface area contributed by atoms with E-state index in [0.717, 1.165) is 30.6 Å². The van der Waals surface area contributed by atoms with E-state index in [9.17, 15) is 45.4 Å². The van der Waals surface area contributed by atoms with Crippen LogP contribution < -0.4 is 0 Å². The number of ether oxygens (including phenoxy) is 3. The van der Waals surface area contributed by atoms with Crippen molar-refractivity contribution in [3.63, 3.8) is 0 Å². The molecule has 0 saturated carbocycles. The summed E-state index contributed by atoms with van der Waals surface area (Å²) in [5.41, 5.74) is 0. The first-order valence-corrected chi connectivity index (χ1v) is 18.7. The van der Waals surface area contributed by atoms with Crippen LogP contribution >= 0.6 is 11.6 Å². The monoisotopic (exact) mass is 727 g/mol. The summed E-state index contributed by atoms with van der Waals surface area (Å²) in [5, 5.41) is 75.5. The second-order valence-electron chi connectivity index (χ2n) is 13.3. The first kappa shape index (κ1) is 43.9. The number of unbranched alkanes of at least 4 members (excludes halogenated alkanes) is 13. The van der Waals surface area contributed by atoms with Crippen molar-refractivity contribution in [3.8, 4) is 0 Å². The number of aliphatic hydroxyl groups excluding tert-OH is 7. The van der Waals surface area contributed by atoms with Crippen molar-refractivity contribution >= 4 is 17.6 Å². The summed E-state index contributed by atoms with van der Waals surface area (Å²) in [5.74, 6) is -1.05. The Labute approximate surface area is 295 Å². The van der Waals surface area contributed by atoms with E-state index in [1.54, 1.807) is 0 Å². The number of hydrogen-bond donors (Lipinski definition) is 7. The fraction of sp³-hybridized carbons (Fsp3) is 0.970. The molecule has 49 heavy (non-hydrogen) atoms. The molecule has 0 spiro atoms. The fourth-order valence-electron chi connectivity index (χ4n) is 6.49. The Kier molecular flexibility index (Phi) is 22.3. The van der Waals surface area contributed by atoms with Crippen molar-refractivity contribution < 1.29 is 54.8 Å². The van der Waals surface area contributed by atoms with E-state index in [1.807, 2.05) is 0 Å². The molecule has 2 saturated heterocycles. The molecule has 2 aliphatic rings. The van der Waals surface area contributed by atoms with Crippen LogP contribution in [0.1, 0.15) is 96.8 Å². The van der Waals surface area contributed by atoms with E-state index in [0.29, 0.717) is 11.4 Å². The normalized spacial score (nSPS) is 30.3. The molecular formula is C33H62ClN3O12. The molecule has 0 aromatic carbocycles. The number of rotatable bonds is 25. The van der Waals surface area contributed by atoms with E-state index >= 15 is 0 Å². The third-order valence-corrected chi connectivity index (χ3v) is 9.73. The Balaban J connectivity index is 1.91. The van der Waals surface area contributed by atoms with Crippen LogP contribution in [-0.2, 0) is 14.2 Å². The minimum absolute atomic E-state index is 0.0615. The van der Waals surface area contributed by atoms with Gasteiger partial charge in [-0.25, -0.2) is 4.79 Å². The minimum Gasteiger partial charge on any atom is -0.394 e. The molecule has 0 radical (unpaired) electrons. The van der Waals surface area contributed by atoms with Gasteiger partial charge >= 0.3 is 6.03 Å². The topological polar surface area (TPSA) is 222 Å². The van der Waals surface area contributed by atoms with E-state index in [1.165, 1.54) is 57.8 Å². The van der Waals surface area contributed by atoms with E-state index in [4.69, 9.17) is 25.8 Å². The fourth-order valence-corrected chi connectivity index (χ4v) is 6.65. The molecule has 2 rings (SSSR count). The van der Waals surface area contributed by atoms with Crippen molar-refractivity contribution in [1.29, 1.82) is 0 Å². The first-order valence-electron chi connectivity index (χ1n) is 18.1. The van der Waals surface area contributed by atoms with Gasteiger partial charge in [-0.3, -0.25) is 4.90 Å². The molecule has 288 valence electrons. The molecule has 7 N–H and O–H groups in total. The van der Waals surface area contributed by atoms with Crippen LogP contribution in [-0.4, -0.2) is 152 Å². The van der Waals surface area contributed by atoms with Gasteiger partial charge in [0.15, 0.2) is 6.23 Å². The summed E-state index contributed by atoms with van der Waals surface area (Å²) in [6.45, 7) is 0.330. The Morgan fingerprint density at radius 1 is 0.673 bits per heavy atom. The highest BCUT2D eigenvalue weighted by molar-refractivity contribution is 6.18. The predicted octanol–water partition coefficient (Wildman–Crippen LogP) is 2.03. The zero-order chi connectivity index (χ0) is 36.2. The number of alkyl halides is 1. The first-order chi connectivity index (χ1) is 23.7. The Morgan fingerprint density at radius 3 is 1.71 bits per heavy atom. The van der Waals surface area contributed by atoms with E-state index in [-0.39, 0.29) is 32.2 Å². The second kappa shape index (κ2) is 24.9. The Bertz CT molecular complexity index is 894. The molecule has 10 atom stereocenters. The molecular weight excluding hydrogens is 666 g/mol. The number of halogens is 1. The van der Waals surface area contributed by atoms with Gasteiger partial charge in [-0.05, 0) is 6.42 Å². The van der Waals surface area contributed by atoms with Crippen LogP contribution in [0.4, 0.5) is 4.79 Å². The molecule has 2 heterocycles. The van der Waals surface area contributed by atoms with E-state index < -0.39 is 80.2 Å². The third kappa shape index (κ3) is 14.0. The average Bonchev–Trinajstić information content (AvgIpc) is 3.10. The molecule has 0 aromatic rings. The molecule has 0 aliphatic carbocycles. The second-order valence-corrected chi connectivity index (χ2v) is 13.6. The van der Waals surface area contributed by atoms with Crippen molar-refractivity contribution in [2.75, 3.05) is 45.4 Å². The Hall–Kier alpha value is -1.24. The lowest BCUT2D eigenvalue weighted by Crippen LogP contribution is -2.64. The largest absolute Gasteiger partial charge is 0.394 e. The number of carbonyl (C=O) groups excluding carboxylic acids is 1. The van der Waals surface area contributed by atoms with Crippen LogP contribution in [0.15, 0.2) is 5.29 Å². The van der Waals surface area contributed by atoms with Crippen LogP contribution in [0.25, 0.3) is 0 Å². The van der Waals surface area contributed by atoms with Gasteiger partial charge in [-0.2, -0.15) is 5.01 Å². The van der Waals surface area contributed by atoms with Gasteiger partial charge in [-0.15, -0.1) is 16.5 Å². The number of carbonyl (C=O) groups is 1. The molecule has 0 aromatic heterocycles. The van der Waals surface area contributed by atoms with E-state index in [2.05, 4.69) is 12.2 Å². The van der Waals surface area contributed by atoms with Gasteiger partial charge in [0.05, 0.1) is 50.5 Å². The lowest BCUT2D eigenvalue weighted by molar-refractivity contribution is -0.258. The van der Waals surface area contributed by atoms with Crippen molar-refractivity contribution in [2.24, 2.45) is 11.2 Å². The van der Waals surface area contributed by atoms with Gasteiger partial charge < -0.3 is 50.0 Å². The maximum atomic E-state index is 13.4. The van der Waals surface area contributed by atoms with Crippen LogP contribution in [0, 0.1) is 10.8 Å². The smallest absolute Gasteiger partial charge is 0.345 e. The Morgan fingerprint density at radius 2 is 1.20 bits per heavy atom. The van der Waals surface area contributed by atoms with Crippen molar-refractivity contribution in [2.45, 2.75) is 152 Å². The van der Waals surface area contributed by atoms with Crippen LogP contribution in [0.5, 0.6) is 0 Å². The zero-order valence-corrected chi connectivity index (χ0v) is 29.8. The molecule has 10 unspecified atom stereocenters. The standard InChI is InChI=1S/C33H62ClN3O12/c1-2-3-4-5-6-7-8-9-10-11-12-13-14-15-17-36(33(45)37(35-46)18-16-34)32-31(44)27(40)23(24(19-38)49-32)21-47-22-26-29(42)30(43)28(41)25(20-39)48-26/h23-32,38-44H,2-22H2,1H3. The maximum Gasteiger partial charge on any atom is 0.345 e.